The van der Waals surface area contributed by atoms with Gasteiger partial charge in [-0.15, -0.1) is 0 Å². The lowest BCUT2D eigenvalue weighted by atomic mass is 9.73. The van der Waals surface area contributed by atoms with Crippen molar-refractivity contribution >= 4 is 5.91 Å². The van der Waals surface area contributed by atoms with Crippen LogP contribution < -0.4 is 19.5 Å². The first-order valence-corrected chi connectivity index (χ1v) is 9.35. The molecule has 0 aliphatic carbocycles. The highest BCUT2D eigenvalue weighted by atomic mass is 16.5. The summed E-state index contributed by atoms with van der Waals surface area (Å²) >= 11 is 0. The van der Waals surface area contributed by atoms with Crippen LogP contribution in [0.5, 0.6) is 17.2 Å². The van der Waals surface area contributed by atoms with Crippen LogP contribution in [0.1, 0.15) is 28.8 Å². The van der Waals surface area contributed by atoms with E-state index in [0.717, 1.165) is 24.2 Å². The van der Waals surface area contributed by atoms with E-state index in [0.29, 0.717) is 36.8 Å². The van der Waals surface area contributed by atoms with E-state index in [1.165, 1.54) is 0 Å². The fraction of sp³-hybridized carbons (Fsp3) is 0.409. The van der Waals surface area contributed by atoms with Crippen molar-refractivity contribution in [3.8, 4) is 17.2 Å². The first-order chi connectivity index (χ1) is 13.6. The molecule has 0 spiro atoms. The summed E-state index contributed by atoms with van der Waals surface area (Å²) in [6.07, 6.45) is 1.64. The number of methoxy groups -OCH3 is 3. The molecule has 0 saturated carbocycles. The van der Waals surface area contributed by atoms with Gasteiger partial charge in [-0.1, -0.05) is 18.2 Å². The van der Waals surface area contributed by atoms with Gasteiger partial charge in [-0.25, -0.2) is 0 Å². The Morgan fingerprint density at radius 3 is 2.32 bits per heavy atom. The van der Waals surface area contributed by atoms with E-state index in [9.17, 15) is 4.79 Å². The van der Waals surface area contributed by atoms with Gasteiger partial charge in [-0.05, 0) is 37.1 Å². The van der Waals surface area contributed by atoms with Crippen LogP contribution in [0.3, 0.4) is 0 Å². The second kappa shape index (κ2) is 8.97. The highest BCUT2D eigenvalue weighted by Crippen LogP contribution is 2.39. The lowest BCUT2D eigenvalue weighted by Gasteiger charge is -2.38. The molecule has 1 aliphatic rings. The van der Waals surface area contributed by atoms with Gasteiger partial charge in [-0.3, -0.25) is 4.79 Å². The predicted molar refractivity (Wildman–Crippen MR) is 107 cm³/mol. The van der Waals surface area contributed by atoms with Crippen LogP contribution in [0.25, 0.3) is 0 Å². The SMILES string of the molecule is COc1ccc(C(=O)NCC2(c3ccccc3OC)CCOCC2)cc1OC. The number of benzene rings is 2. The van der Waals surface area contributed by atoms with Crippen molar-refractivity contribution in [2.45, 2.75) is 18.3 Å². The van der Waals surface area contributed by atoms with Gasteiger partial charge in [0, 0.05) is 36.3 Å². The van der Waals surface area contributed by atoms with Crippen molar-refractivity contribution in [1.82, 2.24) is 5.32 Å². The summed E-state index contributed by atoms with van der Waals surface area (Å²) < 4.78 is 21.7. The predicted octanol–water partition coefficient (Wildman–Crippen LogP) is 3.19. The molecule has 150 valence electrons. The molecule has 2 aromatic carbocycles. The van der Waals surface area contributed by atoms with Gasteiger partial charge in [0.2, 0.25) is 0 Å². The largest absolute Gasteiger partial charge is 0.496 e. The molecule has 0 aromatic heterocycles. The zero-order valence-electron chi connectivity index (χ0n) is 16.6. The first kappa shape index (κ1) is 20.0. The first-order valence-electron chi connectivity index (χ1n) is 9.35. The fourth-order valence-electron chi connectivity index (χ4n) is 3.72. The fourth-order valence-corrected chi connectivity index (χ4v) is 3.72. The molecule has 0 atom stereocenters. The molecule has 1 heterocycles. The topological polar surface area (TPSA) is 66.0 Å². The molecule has 6 heteroatoms. The molecule has 0 unspecified atom stereocenters. The van der Waals surface area contributed by atoms with Gasteiger partial charge in [0.25, 0.3) is 5.91 Å². The number of carbonyl (C=O) groups excluding carboxylic acids is 1. The molecule has 28 heavy (non-hydrogen) atoms. The Bertz CT molecular complexity index is 814. The Morgan fingerprint density at radius 2 is 1.64 bits per heavy atom. The van der Waals surface area contributed by atoms with Crippen molar-refractivity contribution in [3.63, 3.8) is 0 Å². The minimum absolute atomic E-state index is 0.151. The van der Waals surface area contributed by atoms with Gasteiger partial charge < -0.3 is 24.3 Å². The molecular weight excluding hydrogens is 358 g/mol. The molecule has 1 amide bonds. The Labute approximate surface area is 165 Å². The summed E-state index contributed by atoms with van der Waals surface area (Å²) in [5.74, 6) is 1.81. The van der Waals surface area contributed by atoms with E-state index in [1.54, 1.807) is 39.5 Å². The number of ether oxygens (including phenoxy) is 4. The second-order valence-corrected chi connectivity index (χ2v) is 6.85. The van der Waals surface area contributed by atoms with Gasteiger partial charge in [0.15, 0.2) is 11.5 Å². The van der Waals surface area contributed by atoms with E-state index in [-0.39, 0.29) is 11.3 Å². The Hall–Kier alpha value is -2.73. The van der Waals surface area contributed by atoms with Crippen molar-refractivity contribution in [1.29, 1.82) is 0 Å². The van der Waals surface area contributed by atoms with Gasteiger partial charge >= 0.3 is 0 Å². The molecule has 1 fully saturated rings. The zero-order chi connectivity index (χ0) is 20.0. The van der Waals surface area contributed by atoms with Crippen LogP contribution >= 0.6 is 0 Å². The standard InChI is InChI=1S/C22H27NO5/c1-25-18-7-5-4-6-17(18)22(10-12-28-13-11-22)15-23-21(24)16-8-9-19(26-2)20(14-16)27-3/h4-9,14H,10-13,15H2,1-3H3,(H,23,24). The number of hydrogen-bond acceptors (Lipinski definition) is 5. The molecule has 1 N–H and O–H groups in total. The Kier molecular flexibility index (Phi) is 6.41. The lowest BCUT2D eigenvalue weighted by Crippen LogP contribution is -2.44. The van der Waals surface area contributed by atoms with Crippen LogP contribution in [0, 0.1) is 0 Å². The maximum atomic E-state index is 12.8. The van der Waals surface area contributed by atoms with E-state index < -0.39 is 0 Å². The summed E-state index contributed by atoms with van der Waals surface area (Å²) in [5.41, 5.74) is 1.41. The van der Waals surface area contributed by atoms with Crippen molar-refractivity contribution in [2.75, 3.05) is 41.1 Å². The second-order valence-electron chi connectivity index (χ2n) is 6.85. The Morgan fingerprint density at radius 1 is 0.964 bits per heavy atom. The number of amides is 1. The van der Waals surface area contributed by atoms with Crippen LogP contribution in [0.2, 0.25) is 0 Å². The third-order valence-electron chi connectivity index (χ3n) is 5.36. The summed E-state index contributed by atoms with van der Waals surface area (Å²) in [7, 11) is 4.80. The average molecular weight is 385 g/mol. The summed E-state index contributed by atoms with van der Waals surface area (Å²) in [4.78, 5) is 12.8. The van der Waals surface area contributed by atoms with Gasteiger partial charge in [0.1, 0.15) is 5.75 Å². The van der Waals surface area contributed by atoms with Crippen LogP contribution in [-0.2, 0) is 10.2 Å². The summed E-state index contributed by atoms with van der Waals surface area (Å²) in [6, 6.07) is 13.2. The van der Waals surface area contributed by atoms with Gasteiger partial charge in [-0.2, -0.15) is 0 Å². The minimum atomic E-state index is -0.225. The number of nitrogens with one attached hydrogen (secondary N) is 1. The monoisotopic (exact) mass is 385 g/mol. The van der Waals surface area contributed by atoms with E-state index in [1.807, 2.05) is 18.2 Å². The van der Waals surface area contributed by atoms with Crippen molar-refractivity contribution in [2.24, 2.45) is 0 Å². The maximum absolute atomic E-state index is 12.8. The molecule has 2 aromatic rings. The maximum Gasteiger partial charge on any atom is 0.251 e. The molecule has 1 aliphatic heterocycles. The van der Waals surface area contributed by atoms with Crippen LogP contribution in [0.15, 0.2) is 42.5 Å². The molecule has 0 radical (unpaired) electrons. The number of para-hydroxylation sites is 1. The molecular formula is C22H27NO5. The highest BCUT2D eigenvalue weighted by molar-refractivity contribution is 5.95. The Balaban J connectivity index is 1.82. The quantitative estimate of drug-likeness (QED) is 0.793. The smallest absolute Gasteiger partial charge is 0.251 e. The number of hydrogen-bond donors (Lipinski definition) is 1. The lowest BCUT2D eigenvalue weighted by molar-refractivity contribution is 0.0479. The highest BCUT2D eigenvalue weighted by Gasteiger charge is 2.37. The number of rotatable bonds is 7. The van der Waals surface area contributed by atoms with Crippen LogP contribution in [0.4, 0.5) is 0 Å². The van der Waals surface area contributed by atoms with Crippen molar-refractivity contribution in [3.05, 3.63) is 53.6 Å². The third kappa shape index (κ3) is 4.07. The average Bonchev–Trinajstić information content (AvgIpc) is 2.77. The summed E-state index contributed by atoms with van der Waals surface area (Å²) in [6.45, 7) is 1.82. The normalized spacial score (nSPS) is 15.5. The van der Waals surface area contributed by atoms with E-state index in [4.69, 9.17) is 18.9 Å². The molecule has 0 bridgehead atoms. The minimum Gasteiger partial charge on any atom is -0.496 e. The van der Waals surface area contributed by atoms with E-state index >= 15 is 0 Å². The third-order valence-corrected chi connectivity index (χ3v) is 5.36. The molecule has 1 saturated heterocycles. The van der Waals surface area contributed by atoms with Gasteiger partial charge in [0.05, 0.1) is 21.3 Å². The van der Waals surface area contributed by atoms with Crippen LogP contribution in [-0.4, -0.2) is 47.0 Å². The zero-order valence-corrected chi connectivity index (χ0v) is 16.6. The molecule has 6 nitrogen and oxygen atoms in total. The van der Waals surface area contributed by atoms with Crippen molar-refractivity contribution < 1.29 is 23.7 Å². The summed E-state index contributed by atoms with van der Waals surface area (Å²) in [5, 5.41) is 3.10. The number of carbonyl (C=O) groups is 1. The van der Waals surface area contributed by atoms with E-state index in [2.05, 4.69) is 11.4 Å². The molecule has 3 rings (SSSR count).